The fraction of sp³-hybridized carbons (Fsp3) is 0.625. The van der Waals surface area contributed by atoms with E-state index in [1.165, 1.54) is 6.42 Å². The van der Waals surface area contributed by atoms with Crippen LogP contribution in [-0.2, 0) is 14.8 Å². The van der Waals surface area contributed by atoms with Gasteiger partial charge in [0, 0.05) is 12.1 Å². The number of hydrogen-bond donors (Lipinski definition) is 0. The Morgan fingerprint density at radius 2 is 1.67 bits per heavy atom. The molecule has 2 heterocycles. The van der Waals surface area contributed by atoms with Crippen LogP contribution in [0.2, 0.25) is 0 Å². The van der Waals surface area contributed by atoms with E-state index in [0.717, 1.165) is 31.2 Å². The third-order valence-corrected chi connectivity index (χ3v) is 7.99. The molecule has 2 saturated heterocycles. The predicted molar refractivity (Wildman–Crippen MR) is 77.4 cm³/mol. The lowest BCUT2D eigenvalue weighted by Crippen LogP contribution is -2.28. The molecule has 2 aliphatic heterocycles. The standard InChI is InChI=1S/C16H19NO3S/c1-11-3-5-12(6-4-11)21(18,19)17-13-9-15-7-2-8-16(15,20-15)10-14(13)17/h3-6,13-14H,2,7-10H2,1H3/t13-,14+,15-,16+,17?. The number of sulfonamides is 1. The fourth-order valence-corrected chi connectivity index (χ4v) is 6.66. The zero-order chi connectivity index (χ0) is 14.5. The van der Waals surface area contributed by atoms with Gasteiger partial charge in [0.1, 0.15) is 0 Å². The first-order chi connectivity index (χ1) is 9.98. The number of hydrogen-bond acceptors (Lipinski definition) is 3. The van der Waals surface area contributed by atoms with E-state index in [9.17, 15) is 8.42 Å². The zero-order valence-corrected chi connectivity index (χ0v) is 12.9. The molecule has 4 fully saturated rings. The van der Waals surface area contributed by atoms with Crippen molar-refractivity contribution in [1.29, 1.82) is 0 Å². The topological polar surface area (TPSA) is 49.7 Å². The SMILES string of the molecule is Cc1ccc(S(=O)(=O)N2[C@@H]3C[C@]45CCC[C@@]4(C[C@@H]32)O5)cc1. The van der Waals surface area contributed by atoms with Crippen molar-refractivity contribution in [2.45, 2.75) is 67.2 Å². The van der Waals surface area contributed by atoms with Crippen LogP contribution in [0, 0.1) is 6.92 Å². The summed E-state index contributed by atoms with van der Waals surface area (Å²) in [5.74, 6) is 0. The first-order valence-corrected chi connectivity index (χ1v) is 9.22. The van der Waals surface area contributed by atoms with Crippen LogP contribution in [0.15, 0.2) is 29.2 Å². The van der Waals surface area contributed by atoms with Gasteiger partial charge in [-0.2, -0.15) is 4.31 Å². The van der Waals surface area contributed by atoms with Crippen molar-refractivity contribution < 1.29 is 13.2 Å². The summed E-state index contributed by atoms with van der Waals surface area (Å²) in [4.78, 5) is 0.428. The lowest BCUT2D eigenvalue weighted by atomic mass is 9.82. The summed E-state index contributed by atoms with van der Waals surface area (Å²) in [7, 11) is -3.33. The van der Waals surface area contributed by atoms with E-state index < -0.39 is 10.0 Å². The van der Waals surface area contributed by atoms with Gasteiger partial charge < -0.3 is 4.74 Å². The number of rotatable bonds is 2. The van der Waals surface area contributed by atoms with Crippen LogP contribution in [0.5, 0.6) is 0 Å². The van der Waals surface area contributed by atoms with E-state index >= 15 is 0 Å². The molecule has 0 aromatic heterocycles. The van der Waals surface area contributed by atoms with E-state index in [1.54, 1.807) is 16.4 Å². The third kappa shape index (κ3) is 1.45. The van der Waals surface area contributed by atoms with Crippen molar-refractivity contribution in [1.82, 2.24) is 4.31 Å². The summed E-state index contributed by atoms with van der Waals surface area (Å²) in [5, 5.41) is 0. The van der Waals surface area contributed by atoms with Gasteiger partial charge in [0.2, 0.25) is 10.0 Å². The van der Waals surface area contributed by atoms with Crippen molar-refractivity contribution in [3.05, 3.63) is 29.8 Å². The van der Waals surface area contributed by atoms with Gasteiger partial charge in [-0.05, 0) is 51.2 Å². The average molecular weight is 305 g/mol. The fourth-order valence-electron chi connectivity index (χ4n) is 4.85. The van der Waals surface area contributed by atoms with Gasteiger partial charge in [0.15, 0.2) is 0 Å². The molecule has 0 radical (unpaired) electrons. The summed E-state index contributed by atoms with van der Waals surface area (Å²) in [6.07, 6.45) is 5.29. The van der Waals surface area contributed by atoms with E-state index in [-0.39, 0.29) is 23.3 Å². The highest BCUT2D eigenvalue weighted by molar-refractivity contribution is 7.89. The van der Waals surface area contributed by atoms with Crippen molar-refractivity contribution in [2.75, 3.05) is 0 Å². The Bertz CT molecular complexity index is 704. The van der Waals surface area contributed by atoms with Crippen LogP contribution in [0.25, 0.3) is 0 Å². The van der Waals surface area contributed by atoms with Crippen LogP contribution in [0.4, 0.5) is 0 Å². The van der Waals surface area contributed by atoms with Gasteiger partial charge in [0.05, 0.1) is 16.1 Å². The normalized spacial score (nSPS) is 46.4. The number of nitrogens with zero attached hydrogens (tertiary/aromatic N) is 1. The highest BCUT2D eigenvalue weighted by Crippen LogP contribution is 2.70. The smallest absolute Gasteiger partial charge is 0.243 e. The van der Waals surface area contributed by atoms with Gasteiger partial charge in [-0.1, -0.05) is 17.7 Å². The summed E-state index contributed by atoms with van der Waals surface area (Å²) in [5.41, 5.74) is 1.15. The van der Waals surface area contributed by atoms with E-state index in [4.69, 9.17) is 4.74 Å². The molecule has 0 amide bonds. The molecular weight excluding hydrogens is 286 g/mol. The molecule has 0 bridgehead atoms. The molecule has 0 N–H and O–H groups in total. The molecule has 5 heteroatoms. The van der Waals surface area contributed by atoms with Crippen LogP contribution >= 0.6 is 0 Å². The molecule has 1 unspecified atom stereocenters. The quantitative estimate of drug-likeness (QED) is 0.787. The van der Waals surface area contributed by atoms with E-state index in [1.807, 2.05) is 19.1 Å². The van der Waals surface area contributed by atoms with Crippen LogP contribution in [-0.4, -0.2) is 36.0 Å². The van der Waals surface area contributed by atoms with Crippen LogP contribution in [0.1, 0.15) is 37.7 Å². The maximum atomic E-state index is 12.8. The number of aryl methyl sites for hydroxylation is 1. The van der Waals surface area contributed by atoms with Crippen molar-refractivity contribution in [3.63, 3.8) is 0 Å². The number of epoxide rings is 1. The molecule has 0 spiro atoms. The Hall–Kier alpha value is -0.910. The number of benzene rings is 1. The van der Waals surface area contributed by atoms with Crippen LogP contribution < -0.4 is 0 Å². The molecule has 5 rings (SSSR count). The molecule has 112 valence electrons. The van der Waals surface area contributed by atoms with E-state index in [0.29, 0.717) is 4.90 Å². The molecule has 2 aliphatic carbocycles. The lowest BCUT2D eigenvalue weighted by molar-refractivity contribution is 0.207. The Kier molecular flexibility index (Phi) is 2.12. The Morgan fingerprint density at radius 3 is 2.24 bits per heavy atom. The second-order valence-electron chi connectivity index (χ2n) is 7.14. The highest BCUT2D eigenvalue weighted by Gasteiger charge is 2.80. The number of fused-ring (bicyclic) bond motifs is 1. The molecular formula is C16H19NO3S. The third-order valence-electron chi connectivity index (χ3n) is 6.02. The molecule has 4 nitrogen and oxygen atoms in total. The second-order valence-corrected chi connectivity index (χ2v) is 8.98. The Labute approximate surface area is 125 Å². The maximum absolute atomic E-state index is 12.8. The van der Waals surface area contributed by atoms with E-state index in [2.05, 4.69) is 0 Å². The minimum absolute atomic E-state index is 0.0334. The van der Waals surface area contributed by atoms with Crippen LogP contribution in [0.3, 0.4) is 0 Å². The number of ether oxygens (including phenoxy) is 1. The Morgan fingerprint density at radius 1 is 1.10 bits per heavy atom. The van der Waals surface area contributed by atoms with Gasteiger partial charge in [0.25, 0.3) is 0 Å². The predicted octanol–water partition coefficient (Wildman–Crippen LogP) is 2.22. The first-order valence-electron chi connectivity index (χ1n) is 7.78. The first kappa shape index (κ1) is 12.6. The van der Waals surface area contributed by atoms with Gasteiger partial charge in [-0.15, -0.1) is 0 Å². The average Bonchev–Trinajstić information content (AvgIpc) is 3.24. The minimum Gasteiger partial charge on any atom is -0.362 e. The molecule has 1 aromatic carbocycles. The summed E-state index contributed by atoms with van der Waals surface area (Å²) in [6.45, 7) is 1.97. The van der Waals surface area contributed by atoms with Crippen molar-refractivity contribution in [2.24, 2.45) is 0 Å². The molecule has 21 heavy (non-hydrogen) atoms. The molecule has 5 atom stereocenters. The lowest BCUT2D eigenvalue weighted by Gasteiger charge is -2.14. The van der Waals surface area contributed by atoms with Crippen molar-refractivity contribution >= 4 is 10.0 Å². The minimum atomic E-state index is -3.33. The molecule has 2 saturated carbocycles. The Balaban J connectivity index is 1.45. The maximum Gasteiger partial charge on any atom is 0.243 e. The second kappa shape index (κ2) is 3.53. The highest BCUT2D eigenvalue weighted by atomic mass is 32.2. The van der Waals surface area contributed by atoms with Crippen molar-refractivity contribution in [3.8, 4) is 0 Å². The monoisotopic (exact) mass is 305 g/mol. The largest absolute Gasteiger partial charge is 0.362 e. The summed E-state index contributed by atoms with van der Waals surface area (Å²) < 4.78 is 33.4. The molecule has 1 aromatic rings. The van der Waals surface area contributed by atoms with Gasteiger partial charge in [-0.3, -0.25) is 0 Å². The van der Waals surface area contributed by atoms with Gasteiger partial charge >= 0.3 is 0 Å². The summed E-state index contributed by atoms with van der Waals surface area (Å²) in [6, 6.07) is 7.53. The zero-order valence-electron chi connectivity index (χ0n) is 12.1. The molecule has 4 aliphatic rings. The van der Waals surface area contributed by atoms with Gasteiger partial charge in [-0.25, -0.2) is 8.42 Å². The summed E-state index contributed by atoms with van der Waals surface area (Å²) >= 11 is 0.